The van der Waals surface area contributed by atoms with Crippen LogP contribution in [0.5, 0.6) is 0 Å². The van der Waals surface area contributed by atoms with Crippen LogP contribution in [-0.4, -0.2) is 6.29 Å². The zero-order chi connectivity index (χ0) is 13.6. The van der Waals surface area contributed by atoms with Crippen molar-refractivity contribution in [2.45, 2.75) is 18.8 Å². The molecule has 0 unspecified atom stereocenters. The molecule has 4 rings (SSSR count). The maximum absolute atomic E-state index is 6.22. The molecule has 0 aliphatic carbocycles. The van der Waals surface area contributed by atoms with Gasteiger partial charge in [0.05, 0.1) is 11.7 Å². The third kappa shape index (κ3) is 1.49. The first-order valence-corrected chi connectivity index (χ1v) is 6.95. The van der Waals surface area contributed by atoms with E-state index in [4.69, 9.17) is 9.47 Å². The SMILES string of the molecule is CC1=C[C@H]2[C@@H](O1)OC2(c1ccccc1)c1ccccc1. The van der Waals surface area contributed by atoms with E-state index in [2.05, 4.69) is 54.6 Å². The summed E-state index contributed by atoms with van der Waals surface area (Å²) in [6.07, 6.45) is 2.05. The van der Waals surface area contributed by atoms with Crippen molar-refractivity contribution >= 4 is 0 Å². The topological polar surface area (TPSA) is 18.5 Å². The normalized spacial score (nSPS) is 26.1. The van der Waals surface area contributed by atoms with Crippen molar-refractivity contribution in [2.75, 3.05) is 0 Å². The van der Waals surface area contributed by atoms with Crippen molar-refractivity contribution in [1.82, 2.24) is 0 Å². The van der Waals surface area contributed by atoms with E-state index in [0.717, 1.165) is 5.76 Å². The summed E-state index contributed by atoms with van der Waals surface area (Å²) in [4.78, 5) is 0. The van der Waals surface area contributed by atoms with Crippen LogP contribution in [0, 0.1) is 5.92 Å². The molecule has 1 saturated heterocycles. The van der Waals surface area contributed by atoms with Crippen molar-refractivity contribution in [2.24, 2.45) is 5.92 Å². The third-order valence-electron chi connectivity index (χ3n) is 4.19. The molecular formula is C18H16O2. The number of fused-ring (bicyclic) bond motifs is 1. The van der Waals surface area contributed by atoms with Gasteiger partial charge in [-0.1, -0.05) is 60.7 Å². The summed E-state index contributed by atoms with van der Waals surface area (Å²) >= 11 is 0. The highest BCUT2D eigenvalue weighted by Crippen LogP contribution is 2.55. The summed E-state index contributed by atoms with van der Waals surface area (Å²) in [5, 5.41) is 0. The Hall–Kier alpha value is -2.06. The highest BCUT2D eigenvalue weighted by atomic mass is 16.7. The Morgan fingerprint density at radius 1 is 0.850 bits per heavy atom. The van der Waals surface area contributed by atoms with Crippen LogP contribution >= 0.6 is 0 Å². The molecule has 0 N–H and O–H groups in total. The van der Waals surface area contributed by atoms with Crippen molar-refractivity contribution in [3.63, 3.8) is 0 Å². The molecule has 2 heterocycles. The van der Waals surface area contributed by atoms with Gasteiger partial charge >= 0.3 is 0 Å². The predicted octanol–water partition coefficient (Wildman–Crippen LogP) is 3.84. The lowest BCUT2D eigenvalue weighted by Crippen LogP contribution is -2.56. The van der Waals surface area contributed by atoms with E-state index in [9.17, 15) is 0 Å². The molecule has 2 aromatic rings. The number of hydrogen-bond donors (Lipinski definition) is 0. The minimum atomic E-state index is -0.412. The molecule has 0 bridgehead atoms. The quantitative estimate of drug-likeness (QED) is 0.820. The van der Waals surface area contributed by atoms with Crippen molar-refractivity contribution in [3.05, 3.63) is 83.6 Å². The van der Waals surface area contributed by atoms with Crippen LogP contribution in [-0.2, 0) is 15.1 Å². The number of ether oxygens (including phenoxy) is 2. The van der Waals surface area contributed by atoms with Crippen molar-refractivity contribution in [1.29, 1.82) is 0 Å². The second kappa shape index (κ2) is 4.22. The van der Waals surface area contributed by atoms with Gasteiger partial charge in [0.1, 0.15) is 5.60 Å². The average molecular weight is 264 g/mol. The van der Waals surface area contributed by atoms with E-state index in [1.807, 2.05) is 19.1 Å². The molecule has 0 radical (unpaired) electrons. The largest absolute Gasteiger partial charge is 0.469 e. The van der Waals surface area contributed by atoms with E-state index in [-0.39, 0.29) is 12.2 Å². The summed E-state index contributed by atoms with van der Waals surface area (Å²) in [6.45, 7) is 1.99. The van der Waals surface area contributed by atoms with Crippen LogP contribution in [0.1, 0.15) is 18.1 Å². The summed E-state index contributed by atoms with van der Waals surface area (Å²) < 4.78 is 11.9. The molecule has 2 aromatic carbocycles. The second-order valence-corrected chi connectivity index (χ2v) is 5.37. The Morgan fingerprint density at radius 3 is 1.90 bits per heavy atom. The number of benzene rings is 2. The van der Waals surface area contributed by atoms with E-state index in [0.29, 0.717) is 0 Å². The van der Waals surface area contributed by atoms with Crippen LogP contribution < -0.4 is 0 Å². The molecular weight excluding hydrogens is 248 g/mol. The van der Waals surface area contributed by atoms with Gasteiger partial charge in [0.15, 0.2) is 0 Å². The van der Waals surface area contributed by atoms with Gasteiger partial charge in [-0.3, -0.25) is 0 Å². The minimum absolute atomic E-state index is 0.143. The predicted molar refractivity (Wildman–Crippen MR) is 76.9 cm³/mol. The Balaban J connectivity index is 1.88. The smallest absolute Gasteiger partial charge is 0.210 e. The first kappa shape index (κ1) is 11.7. The maximum atomic E-state index is 6.22. The van der Waals surface area contributed by atoms with Gasteiger partial charge in [0.25, 0.3) is 0 Å². The Kier molecular flexibility index (Phi) is 2.48. The average Bonchev–Trinajstić information content (AvgIpc) is 2.79. The van der Waals surface area contributed by atoms with Crippen LogP contribution in [0.25, 0.3) is 0 Å². The molecule has 2 atom stereocenters. The number of hydrogen-bond acceptors (Lipinski definition) is 2. The van der Waals surface area contributed by atoms with Crippen molar-refractivity contribution in [3.8, 4) is 0 Å². The molecule has 100 valence electrons. The molecule has 2 aliphatic rings. The molecule has 0 amide bonds. The number of allylic oxidation sites excluding steroid dienone is 1. The van der Waals surface area contributed by atoms with Gasteiger partial charge in [0, 0.05) is 0 Å². The summed E-state index contributed by atoms with van der Waals surface area (Å²) in [6, 6.07) is 20.8. The second-order valence-electron chi connectivity index (χ2n) is 5.37. The molecule has 2 aliphatic heterocycles. The van der Waals surface area contributed by atoms with Gasteiger partial charge in [-0.2, -0.15) is 0 Å². The van der Waals surface area contributed by atoms with Crippen LogP contribution in [0.2, 0.25) is 0 Å². The lowest BCUT2D eigenvalue weighted by Gasteiger charge is -2.51. The fourth-order valence-corrected chi connectivity index (χ4v) is 3.28. The molecule has 0 spiro atoms. The van der Waals surface area contributed by atoms with E-state index in [1.54, 1.807) is 0 Å². The highest BCUT2D eigenvalue weighted by Gasteiger charge is 2.60. The van der Waals surface area contributed by atoms with E-state index < -0.39 is 5.60 Å². The zero-order valence-corrected chi connectivity index (χ0v) is 11.3. The maximum Gasteiger partial charge on any atom is 0.210 e. The fourth-order valence-electron chi connectivity index (χ4n) is 3.28. The zero-order valence-electron chi connectivity index (χ0n) is 11.3. The first-order valence-electron chi connectivity index (χ1n) is 6.95. The number of rotatable bonds is 2. The first-order chi connectivity index (χ1) is 9.80. The Labute approximate surface area is 118 Å². The fraction of sp³-hybridized carbons (Fsp3) is 0.222. The van der Waals surface area contributed by atoms with Crippen LogP contribution in [0.15, 0.2) is 72.5 Å². The summed E-state index contributed by atoms with van der Waals surface area (Å²) in [5.74, 6) is 1.20. The van der Waals surface area contributed by atoms with Gasteiger partial charge in [-0.05, 0) is 24.1 Å². The van der Waals surface area contributed by atoms with E-state index >= 15 is 0 Å². The third-order valence-corrected chi connectivity index (χ3v) is 4.19. The highest BCUT2D eigenvalue weighted by molar-refractivity contribution is 5.42. The molecule has 2 heteroatoms. The van der Waals surface area contributed by atoms with E-state index in [1.165, 1.54) is 11.1 Å². The molecule has 0 aromatic heterocycles. The lowest BCUT2D eigenvalue weighted by molar-refractivity contribution is -0.305. The van der Waals surface area contributed by atoms with Crippen LogP contribution in [0.4, 0.5) is 0 Å². The minimum Gasteiger partial charge on any atom is -0.469 e. The van der Waals surface area contributed by atoms with Gasteiger partial charge < -0.3 is 9.47 Å². The lowest BCUT2D eigenvalue weighted by atomic mass is 9.71. The molecule has 2 nitrogen and oxygen atoms in total. The standard InChI is InChI=1S/C18H16O2/c1-13-12-16-17(19-13)20-18(16,14-8-4-2-5-9-14)15-10-6-3-7-11-15/h2-12,16-17H,1H3/t16-,17-/m0/s1. The van der Waals surface area contributed by atoms with Gasteiger partial charge in [-0.25, -0.2) is 0 Å². The van der Waals surface area contributed by atoms with Crippen LogP contribution in [0.3, 0.4) is 0 Å². The molecule has 1 fully saturated rings. The van der Waals surface area contributed by atoms with Gasteiger partial charge in [-0.15, -0.1) is 0 Å². The van der Waals surface area contributed by atoms with Gasteiger partial charge in [0.2, 0.25) is 6.29 Å². The Bertz CT molecular complexity index is 606. The monoisotopic (exact) mass is 264 g/mol. The Morgan fingerprint density at radius 2 is 1.40 bits per heavy atom. The molecule has 20 heavy (non-hydrogen) atoms. The summed E-state index contributed by atoms with van der Waals surface area (Å²) in [5.41, 5.74) is 1.95. The van der Waals surface area contributed by atoms with Crippen molar-refractivity contribution < 1.29 is 9.47 Å². The molecule has 0 saturated carbocycles. The summed E-state index contributed by atoms with van der Waals surface area (Å²) in [7, 11) is 0.